The maximum absolute atomic E-state index is 12.9. The number of esters is 3. The molecule has 0 aromatic carbocycles. The van der Waals surface area contributed by atoms with Gasteiger partial charge in [-0.1, -0.05) is 335 Å². The summed E-state index contributed by atoms with van der Waals surface area (Å²) < 4.78 is 16.9. The maximum atomic E-state index is 12.9. The first-order chi connectivity index (χ1) is 34.5. The van der Waals surface area contributed by atoms with Crippen LogP contribution in [0.15, 0.2) is 0 Å². The van der Waals surface area contributed by atoms with Crippen molar-refractivity contribution >= 4 is 17.9 Å². The van der Waals surface area contributed by atoms with Gasteiger partial charge in [0.25, 0.3) is 0 Å². The SMILES string of the molecule is CCCCCCCCCCCCCCCCCCCCCCCC(=O)OCC(COC(=O)CCCCCCCCCCCCCCC)OC(=O)CCCCCCCCCCCCCCCCCCCC. The normalized spacial score (nSPS) is 11.9. The highest BCUT2D eigenvalue weighted by Crippen LogP contribution is 2.19. The lowest BCUT2D eigenvalue weighted by molar-refractivity contribution is -0.167. The maximum Gasteiger partial charge on any atom is 0.306 e. The molecule has 0 amide bonds. The van der Waals surface area contributed by atoms with Crippen molar-refractivity contribution in [2.24, 2.45) is 0 Å². The lowest BCUT2D eigenvalue weighted by atomic mass is 10.0. The highest BCUT2D eigenvalue weighted by molar-refractivity contribution is 5.71. The monoisotopic (exact) mass is 989 g/mol. The van der Waals surface area contributed by atoms with Gasteiger partial charge >= 0.3 is 17.9 Å². The average Bonchev–Trinajstić information content (AvgIpc) is 3.36. The summed E-state index contributed by atoms with van der Waals surface area (Å²) in [6, 6.07) is 0. The van der Waals surface area contributed by atoms with E-state index in [0.29, 0.717) is 19.3 Å². The van der Waals surface area contributed by atoms with Gasteiger partial charge in [0.1, 0.15) is 13.2 Å². The molecule has 0 spiro atoms. The molecule has 6 nitrogen and oxygen atoms in total. The van der Waals surface area contributed by atoms with E-state index in [-0.39, 0.29) is 31.1 Å². The van der Waals surface area contributed by atoms with Crippen molar-refractivity contribution in [1.82, 2.24) is 0 Å². The summed E-state index contributed by atoms with van der Waals surface area (Å²) in [5.41, 5.74) is 0. The second-order valence-electron chi connectivity index (χ2n) is 22.1. The molecule has 0 fully saturated rings. The third-order valence-corrected chi connectivity index (χ3v) is 14.9. The first-order valence-electron chi connectivity index (χ1n) is 32.0. The van der Waals surface area contributed by atoms with Crippen LogP contribution in [0.2, 0.25) is 0 Å². The molecule has 6 heteroatoms. The molecule has 70 heavy (non-hydrogen) atoms. The van der Waals surface area contributed by atoms with Crippen molar-refractivity contribution < 1.29 is 28.6 Å². The van der Waals surface area contributed by atoms with E-state index >= 15 is 0 Å². The minimum atomic E-state index is -0.762. The van der Waals surface area contributed by atoms with Gasteiger partial charge in [-0.3, -0.25) is 14.4 Å². The largest absolute Gasteiger partial charge is 0.462 e. The number of rotatable bonds is 60. The summed E-state index contributed by atoms with van der Waals surface area (Å²) in [5, 5.41) is 0. The van der Waals surface area contributed by atoms with Crippen LogP contribution in [-0.2, 0) is 28.6 Å². The standard InChI is InChI=1S/C64H124O6/c1-4-7-10-13-16-19-22-25-27-29-31-32-33-35-36-39-42-45-48-51-54-57-63(66)69-60-61(59-68-62(65)56-53-50-47-44-41-38-24-21-18-15-12-9-6-3)70-64(67)58-55-52-49-46-43-40-37-34-30-28-26-23-20-17-14-11-8-5-2/h61H,4-60H2,1-3H3. The number of unbranched alkanes of at least 4 members (excludes halogenated alkanes) is 49. The van der Waals surface area contributed by atoms with Gasteiger partial charge in [-0.15, -0.1) is 0 Å². The summed E-state index contributed by atoms with van der Waals surface area (Å²) in [6.07, 6.45) is 68.2. The molecule has 0 aliphatic carbocycles. The lowest BCUT2D eigenvalue weighted by Crippen LogP contribution is -2.30. The Hall–Kier alpha value is -1.59. The Morgan fingerprint density at radius 3 is 0.571 bits per heavy atom. The highest BCUT2D eigenvalue weighted by Gasteiger charge is 2.19. The predicted octanol–water partition coefficient (Wildman–Crippen LogP) is 21.5. The van der Waals surface area contributed by atoms with E-state index in [2.05, 4.69) is 20.8 Å². The van der Waals surface area contributed by atoms with Crippen molar-refractivity contribution in [1.29, 1.82) is 0 Å². The average molecular weight is 990 g/mol. The predicted molar refractivity (Wildman–Crippen MR) is 303 cm³/mol. The summed E-state index contributed by atoms with van der Waals surface area (Å²) in [7, 11) is 0. The molecule has 0 aliphatic heterocycles. The van der Waals surface area contributed by atoms with Crippen LogP contribution in [0.5, 0.6) is 0 Å². The van der Waals surface area contributed by atoms with Crippen LogP contribution in [0, 0.1) is 0 Å². The number of ether oxygens (including phenoxy) is 3. The van der Waals surface area contributed by atoms with Crippen LogP contribution < -0.4 is 0 Å². The Kier molecular flexibility index (Phi) is 58.6. The summed E-state index contributed by atoms with van der Waals surface area (Å²) in [6.45, 7) is 6.73. The molecule has 0 aromatic rings. The molecule has 0 bridgehead atoms. The van der Waals surface area contributed by atoms with E-state index in [9.17, 15) is 14.4 Å². The fourth-order valence-electron chi connectivity index (χ4n) is 10.0. The van der Waals surface area contributed by atoms with Gasteiger partial charge in [-0.05, 0) is 19.3 Å². The van der Waals surface area contributed by atoms with Gasteiger partial charge < -0.3 is 14.2 Å². The van der Waals surface area contributed by atoms with Gasteiger partial charge in [-0.25, -0.2) is 0 Å². The Morgan fingerprint density at radius 2 is 0.386 bits per heavy atom. The third kappa shape index (κ3) is 57.3. The van der Waals surface area contributed by atoms with E-state index < -0.39 is 6.10 Å². The van der Waals surface area contributed by atoms with Crippen LogP contribution in [0.3, 0.4) is 0 Å². The summed E-state index contributed by atoms with van der Waals surface area (Å²) in [4.78, 5) is 38.3. The Bertz CT molecular complexity index is 1040. The zero-order valence-corrected chi connectivity index (χ0v) is 47.8. The van der Waals surface area contributed by atoms with E-state index in [1.54, 1.807) is 0 Å². The third-order valence-electron chi connectivity index (χ3n) is 14.9. The fraction of sp³-hybridized carbons (Fsp3) is 0.953. The minimum Gasteiger partial charge on any atom is -0.462 e. The van der Waals surface area contributed by atoms with E-state index in [4.69, 9.17) is 14.2 Å². The van der Waals surface area contributed by atoms with Gasteiger partial charge in [0.05, 0.1) is 0 Å². The van der Waals surface area contributed by atoms with Crippen molar-refractivity contribution in [3.05, 3.63) is 0 Å². The fourth-order valence-corrected chi connectivity index (χ4v) is 10.0. The van der Waals surface area contributed by atoms with Gasteiger partial charge in [0.15, 0.2) is 6.10 Å². The van der Waals surface area contributed by atoms with Crippen molar-refractivity contribution in [2.45, 2.75) is 380 Å². The van der Waals surface area contributed by atoms with Crippen molar-refractivity contribution in [3.63, 3.8) is 0 Å². The van der Waals surface area contributed by atoms with E-state index in [1.165, 1.54) is 276 Å². The molecule has 416 valence electrons. The van der Waals surface area contributed by atoms with E-state index in [1.807, 2.05) is 0 Å². The first kappa shape index (κ1) is 68.4. The van der Waals surface area contributed by atoms with Gasteiger partial charge in [-0.2, -0.15) is 0 Å². The topological polar surface area (TPSA) is 78.9 Å². The molecule has 0 aromatic heterocycles. The number of hydrogen-bond acceptors (Lipinski definition) is 6. The quantitative estimate of drug-likeness (QED) is 0.0343. The zero-order valence-electron chi connectivity index (χ0n) is 47.8. The molecule has 0 radical (unpaired) electrons. The molecule has 0 aliphatic rings. The zero-order chi connectivity index (χ0) is 50.7. The second-order valence-corrected chi connectivity index (χ2v) is 22.1. The molecule has 0 N–H and O–H groups in total. The van der Waals surface area contributed by atoms with E-state index in [0.717, 1.165) is 57.8 Å². The molecule has 0 saturated carbocycles. The Morgan fingerprint density at radius 1 is 0.229 bits per heavy atom. The molecule has 1 atom stereocenters. The first-order valence-corrected chi connectivity index (χ1v) is 32.0. The number of carbonyl (C=O) groups excluding carboxylic acids is 3. The van der Waals surface area contributed by atoms with Crippen molar-refractivity contribution in [3.8, 4) is 0 Å². The van der Waals surface area contributed by atoms with Gasteiger partial charge in [0, 0.05) is 19.3 Å². The Labute approximate surface area is 438 Å². The van der Waals surface area contributed by atoms with Crippen molar-refractivity contribution in [2.75, 3.05) is 13.2 Å². The molecule has 0 saturated heterocycles. The summed E-state index contributed by atoms with van der Waals surface area (Å²) in [5.74, 6) is -0.825. The smallest absolute Gasteiger partial charge is 0.306 e. The Balaban J connectivity index is 4.24. The lowest BCUT2D eigenvalue weighted by Gasteiger charge is -2.18. The number of hydrogen-bond donors (Lipinski definition) is 0. The van der Waals surface area contributed by atoms with Gasteiger partial charge in [0.2, 0.25) is 0 Å². The van der Waals surface area contributed by atoms with Crippen LogP contribution in [0.4, 0.5) is 0 Å². The minimum absolute atomic E-state index is 0.0605. The molecular formula is C64H124O6. The van der Waals surface area contributed by atoms with Crippen LogP contribution in [0.25, 0.3) is 0 Å². The second kappa shape index (κ2) is 60.0. The van der Waals surface area contributed by atoms with Crippen LogP contribution in [-0.4, -0.2) is 37.2 Å². The molecule has 0 heterocycles. The molecular weight excluding hydrogens is 865 g/mol. The summed E-state index contributed by atoms with van der Waals surface area (Å²) >= 11 is 0. The van der Waals surface area contributed by atoms with Crippen LogP contribution in [0.1, 0.15) is 374 Å². The van der Waals surface area contributed by atoms with Crippen LogP contribution >= 0.6 is 0 Å². The highest BCUT2D eigenvalue weighted by atomic mass is 16.6. The molecule has 1 unspecified atom stereocenters. The molecule has 0 rings (SSSR count). The number of carbonyl (C=O) groups is 3.